The summed E-state index contributed by atoms with van der Waals surface area (Å²) in [6, 6.07) is 5.26. The lowest BCUT2D eigenvalue weighted by Crippen LogP contribution is -2.49. The van der Waals surface area contributed by atoms with Crippen LogP contribution in [0.25, 0.3) is 11.0 Å². The third kappa shape index (κ3) is 3.20. The molecule has 7 heteroatoms. The first-order chi connectivity index (χ1) is 11.4. The molecule has 1 heterocycles. The monoisotopic (exact) mass is 329 g/mol. The molecule has 1 aliphatic carbocycles. The number of imidazole rings is 1. The van der Waals surface area contributed by atoms with Crippen LogP contribution in [0.3, 0.4) is 0 Å². The molecule has 0 bridgehead atoms. The molecule has 2 aromatic rings. The van der Waals surface area contributed by atoms with Crippen molar-refractivity contribution in [2.75, 3.05) is 0 Å². The molecule has 128 valence electrons. The molecule has 1 aliphatic rings. The number of carbonyl (C=O) groups excluding carboxylic acids is 2. The van der Waals surface area contributed by atoms with Gasteiger partial charge < -0.3 is 21.4 Å². The van der Waals surface area contributed by atoms with Gasteiger partial charge in [-0.05, 0) is 38.8 Å². The van der Waals surface area contributed by atoms with Gasteiger partial charge in [0, 0.05) is 6.04 Å². The van der Waals surface area contributed by atoms with Crippen LogP contribution in [0.1, 0.15) is 55.7 Å². The molecule has 5 N–H and O–H groups in total. The molecule has 0 unspecified atom stereocenters. The number of primary amides is 1. The fourth-order valence-corrected chi connectivity index (χ4v) is 3.16. The van der Waals surface area contributed by atoms with Crippen molar-refractivity contribution in [2.45, 2.75) is 51.1 Å². The van der Waals surface area contributed by atoms with E-state index in [1.54, 1.807) is 12.1 Å². The number of benzene rings is 1. The summed E-state index contributed by atoms with van der Waals surface area (Å²) in [4.78, 5) is 31.4. The summed E-state index contributed by atoms with van der Waals surface area (Å²) in [5.74, 6) is 0.0520. The minimum absolute atomic E-state index is 0.206. The van der Waals surface area contributed by atoms with Crippen LogP contribution in [0.2, 0.25) is 0 Å². The van der Waals surface area contributed by atoms with Crippen LogP contribution in [-0.2, 0) is 5.54 Å². The lowest BCUT2D eigenvalue weighted by atomic mass is 10.1. The molecule has 1 saturated carbocycles. The van der Waals surface area contributed by atoms with Gasteiger partial charge in [0.25, 0.3) is 5.91 Å². The topological polar surface area (TPSA) is 113 Å². The molecule has 0 radical (unpaired) electrons. The van der Waals surface area contributed by atoms with Crippen molar-refractivity contribution in [1.82, 2.24) is 20.6 Å². The summed E-state index contributed by atoms with van der Waals surface area (Å²) < 4.78 is 0. The molecular formula is C17H23N5O2. The van der Waals surface area contributed by atoms with Crippen LogP contribution in [0, 0.1) is 0 Å². The standard InChI is InChI=1S/C17H23N5O2/c1-17(2,22-16(24)19-10-6-3-4-7-10)15-20-12-9-5-8-11(14(18)23)13(12)21-15/h5,8-10H,3-4,6-7H2,1-2H3,(H2,18,23)(H,20,21)(H2,19,22,24). The van der Waals surface area contributed by atoms with Gasteiger partial charge in [0.1, 0.15) is 11.3 Å². The van der Waals surface area contributed by atoms with Crippen LogP contribution in [-0.4, -0.2) is 27.9 Å². The molecule has 1 aromatic heterocycles. The predicted molar refractivity (Wildman–Crippen MR) is 91.6 cm³/mol. The molecule has 0 spiro atoms. The Bertz CT molecular complexity index is 774. The van der Waals surface area contributed by atoms with Crippen molar-refractivity contribution >= 4 is 23.0 Å². The number of H-pyrrole nitrogens is 1. The third-order valence-corrected chi connectivity index (χ3v) is 4.49. The maximum atomic E-state index is 12.2. The summed E-state index contributed by atoms with van der Waals surface area (Å²) in [6.45, 7) is 3.73. The Balaban J connectivity index is 1.81. The zero-order chi connectivity index (χ0) is 17.3. The van der Waals surface area contributed by atoms with E-state index in [1.165, 1.54) is 0 Å². The molecule has 0 saturated heterocycles. The average molecular weight is 329 g/mol. The lowest BCUT2D eigenvalue weighted by Gasteiger charge is -2.25. The van der Waals surface area contributed by atoms with E-state index in [1.807, 2.05) is 19.9 Å². The predicted octanol–water partition coefficient (Wildman–Crippen LogP) is 2.14. The van der Waals surface area contributed by atoms with Gasteiger partial charge in [0.05, 0.1) is 16.6 Å². The van der Waals surface area contributed by atoms with Crippen LogP contribution in [0.4, 0.5) is 4.79 Å². The van der Waals surface area contributed by atoms with Crippen molar-refractivity contribution in [3.8, 4) is 0 Å². The Kier molecular flexibility index (Phi) is 4.17. The second-order valence-electron chi connectivity index (χ2n) is 6.86. The molecule has 1 aromatic carbocycles. The number of aromatic nitrogens is 2. The summed E-state index contributed by atoms with van der Waals surface area (Å²) in [5, 5.41) is 5.95. The van der Waals surface area contributed by atoms with E-state index in [4.69, 9.17) is 5.73 Å². The Morgan fingerprint density at radius 2 is 2.00 bits per heavy atom. The van der Waals surface area contributed by atoms with Gasteiger partial charge in [-0.1, -0.05) is 18.9 Å². The quantitative estimate of drug-likeness (QED) is 0.689. The number of aromatic amines is 1. The zero-order valence-electron chi connectivity index (χ0n) is 14.0. The Hall–Kier alpha value is -2.57. The van der Waals surface area contributed by atoms with Crippen molar-refractivity contribution in [3.63, 3.8) is 0 Å². The highest BCUT2D eigenvalue weighted by atomic mass is 16.2. The molecule has 0 atom stereocenters. The van der Waals surface area contributed by atoms with Crippen LogP contribution in [0.15, 0.2) is 18.2 Å². The van der Waals surface area contributed by atoms with Gasteiger partial charge in [0.15, 0.2) is 0 Å². The fraction of sp³-hybridized carbons (Fsp3) is 0.471. The molecular weight excluding hydrogens is 306 g/mol. The van der Waals surface area contributed by atoms with Crippen molar-refractivity contribution < 1.29 is 9.59 Å². The maximum Gasteiger partial charge on any atom is 0.315 e. The molecule has 24 heavy (non-hydrogen) atoms. The maximum absolute atomic E-state index is 12.2. The van der Waals surface area contributed by atoms with Gasteiger partial charge in [-0.2, -0.15) is 0 Å². The highest BCUT2D eigenvalue weighted by Gasteiger charge is 2.28. The fourth-order valence-electron chi connectivity index (χ4n) is 3.16. The van der Waals surface area contributed by atoms with E-state index in [0.717, 1.165) is 25.7 Å². The minimum atomic E-state index is -0.712. The van der Waals surface area contributed by atoms with Crippen molar-refractivity contribution in [3.05, 3.63) is 29.6 Å². The summed E-state index contributed by atoms with van der Waals surface area (Å²) in [5.41, 5.74) is 6.28. The highest BCUT2D eigenvalue weighted by Crippen LogP contribution is 2.23. The van der Waals surface area contributed by atoms with E-state index in [-0.39, 0.29) is 12.1 Å². The second kappa shape index (κ2) is 6.14. The summed E-state index contributed by atoms with van der Waals surface area (Å²) in [6.07, 6.45) is 4.38. The molecule has 3 rings (SSSR count). The van der Waals surface area contributed by atoms with E-state index in [2.05, 4.69) is 20.6 Å². The number of amides is 3. The first-order valence-electron chi connectivity index (χ1n) is 8.24. The number of hydrogen-bond acceptors (Lipinski definition) is 3. The molecule has 7 nitrogen and oxygen atoms in total. The number of carbonyl (C=O) groups is 2. The number of nitrogens with two attached hydrogens (primary N) is 1. The van der Waals surface area contributed by atoms with E-state index in [9.17, 15) is 9.59 Å². The molecule has 0 aliphatic heterocycles. The highest BCUT2D eigenvalue weighted by molar-refractivity contribution is 6.04. The van der Waals surface area contributed by atoms with Crippen molar-refractivity contribution in [2.24, 2.45) is 5.73 Å². The van der Waals surface area contributed by atoms with Gasteiger partial charge in [-0.25, -0.2) is 9.78 Å². The minimum Gasteiger partial charge on any atom is -0.366 e. The van der Waals surface area contributed by atoms with Gasteiger partial charge in [-0.3, -0.25) is 4.79 Å². The van der Waals surface area contributed by atoms with E-state index >= 15 is 0 Å². The third-order valence-electron chi connectivity index (χ3n) is 4.49. The number of rotatable bonds is 4. The van der Waals surface area contributed by atoms with Crippen molar-refractivity contribution in [1.29, 1.82) is 0 Å². The Labute approximate surface area is 140 Å². The van der Waals surface area contributed by atoms with Crippen LogP contribution < -0.4 is 16.4 Å². The second-order valence-corrected chi connectivity index (χ2v) is 6.86. The number of nitrogens with one attached hydrogen (secondary N) is 3. The van der Waals surface area contributed by atoms with Gasteiger partial charge in [0.2, 0.25) is 0 Å². The Morgan fingerprint density at radius 3 is 2.67 bits per heavy atom. The molecule has 3 amide bonds. The summed E-state index contributed by atoms with van der Waals surface area (Å²) in [7, 11) is 0. The average Bonchev–Trinajstić information content (AvgIpc) is 3.14. The van der Waals surface area contributed by atoms with Gasteiger partial charge in [-0.15, -0.1) is 0 Å². The smallest absolute Gasteiger partial charge is 0.315 e. The summed E-state index contributed by atoms with van der Waals surface area (Å²) >= 11 is 0. The van der Waals surface area contributed by atoms with E-state index < -0.39 is 11.4 Å². The van der Waals surface area contributed by atoms with Crippen LogP contribution >= 0.6 is 0 Å². The number of fused-ring (bicyclic) bond motifs is 1. The number of urea groups is 1. The Morgan fingerprint density at radius 1 is 1.29 bits per heavy atom. The zero-order valence-corrected chi connectivity index (χ0v) is 14.0. The first-order valence-corrected chi connectivity index (χ1v) is 8.24. The normalized spacial score (nSPS) is 15.6. The number of hydrogen-bond donors (Lipinski definition) is 4. The van der Waals surface area contributed by atoms with Crippen LogP contribution in [0.5, 0.6) is 0 Å². The lowest BCUT2D eigenvalue weighted by molar-refractivity contribution is 0.100. The van der Waals surface area contributed by atoms with E-state index in [0.29, 0.717) is 22.4 Å². The first kappa shape index (κ1) is 16.3. The number of para-hydroxylation sites is 1. The largest absolute Gasteiger partial charge is 0.366 e. The van der Waals surface area contributed by atoms with Gasteiger partial charge >= 0.3 is 6.03 Å². The molecule has 1 fully saturated rings. The number of nitrogens with zero attached hydrogens (tertiary/aromatic N) is 1. The SMILES string of the molecule is CC(C)(NC(=O)NC1CCCC1)c1nc2c(C(N)=O)cccc2[nH]1.